The lowest BCUT2D eigenvalue weighted by atomic mass is 10.1. The number of hydrogen-bond donors (Lipinski definition) is 3. The van der Waals surface area contributed by atoms with Crippen LogP contribution in [0.25, 0.3) is 0 Å². The molecule has 0 saturated carbocycles. The number of ether oxygens (including phenoxy) is 1. The standard InChI is InChI=1S/C13H19F3N4O/c1-2-21-9-5-8-18-12(20-17)19-11-7-4-3-6-10(11)13(14,15)16/h3-4,6-7H,2,5,8-9,17H2,1H3,(H2,18,19,20). The Morgan fingerprint density at radius 3 is 2.67 bits per heavy atom. The number of rotatable bonds is 6. The Hall–Kier alpha value is -1.80. The van der Waals surface area contributed by atoms with Crippen molar-refractivity contribution in [1.29, 1.82) is 0 Å². The van der Waals surface area contributed by atoms with E-state index in [0.717, 1.165) is 6.07 Å². The van der Waals surface area contributed by atoms with Crippen molar-refractivity contribution in [3.63, 3.8) is 0 Å². The Bertz CT molecular complexity index is 463. The van der Waals surface area contributed by atoms with Crippen molar-refractivity contribution in [2.45, 2.75) is 19.5 Å². The summed E-state index contributed by atoms with van der Waals surface area (Å²) in [7, 11) is 0. The van der Waals surface area contributed by atoms with Gasteiger partial charge in [0.25, 0.3) is 0 Å². The van der Waals surface area contributed by atoms with Crippen LogP contribution < -0.4 is 16.6 Å². The van der Waals surface area contributed by atoms with Gasteiger partial charge in [-0.05, 0) is 25.5 Å². The number of alkyl halides is 3. The molecule has 0 amide bonds. The monoisotopic (exact) mass is 304 g/mol. The van der Waals surface area contributed by atoms with E-state index in [2.05, 4.69) is 15.7 Å². The van der Waals surface area contributed by atoms with E-state index in [0.29, 0.717) is 26.2 Å². The number of nitrogens with two attached hydrogens (primary N) is 1. The van der Waals surface area contributed by atoms with Gasteiger partial charge in [0.1, 0.15) is 0 Å². The van der Waals surface area contributed by atoms with Gasteiger partial charge in [-0.1, -0.05) is 12.1 Å². The van der Waals surface area contributed by atoms with Gasteiger partial charge in [-0.25, -0.2) is 5.84 Å². The third-order valence-electron chi connectivity index (χ3n) is 2.54. The molecular formula is C13H19F3N4O. The van der Waals surface area contributed by atoms with Crippen LogP contribution in [0.1, 0.15) is 18.9 Å². The fourth-order valence-corrected chi connectivity index (χ4v) is 1.59. The lowest BCUT2D eigenvalue weighted by molar-refractivity contribution is -0.136. The van der Waals surface area contributed by atoms with E-state index in [1.807, 2.05) is 6.92 Å². The van der Waals surface area contributed by atoms with E-state index >= 15 is 0 Å². The molecular weight excluding hydrogens is 285 g/mol. The molecule has 0 bridgehead atoms. The average Bonchev–Trinajstić information content (AvgIpc) is 2.45. The number of benzene rings is 1. The van der Waals surface area contributed by atoms with E-state index in [-0.39, 0.29) is 11.6 Å². The first-order valence-corrected chi connectivity index (χ1v) is 6.51. The molecule has 0 aliphatic rings. The van der Waals surface area contributed by atoms with Gasteiger partial charge in [-0.15, -0.1) is 0 Å². The van der Waals surface area contributed by atoms with Crippen LogP contribution in [-0.2, 0) is 10.9 Å². The second kappa shape index (κ2) is 8.48. The Labute approximate surface area is 121 Å². The summed E-state index contributed by atoms with van der Waals surface area (Å²) in [5.41, 5.74) is 1.37. The molecule has 0 atom stereocenters. The fraction of sp³-hybridized carbons (Fsp3) is 0.462. The quantitative estimate of drug-likeness (QED) is 0.248. The maximum atomic E-state index is 12.8. The van der Waals surface area contributed by atoms with Crippen LogP contribution >= 0.6 is 0 Å². The third kappa shape index (κ3) is 6.01. The number of nitrogens with zero attached hydrogens (tertiary/aromatic N) is 1. The molecule has 0 aromatic heterocycles. The van der Waals surface area contributed by atoms with Gasteiger partial charge in [0.05, 0.1) is 11.3 Å². The van der Waals surface area contributed by atoms with E-state index in [1.165, 1.54) is 18.2 Å². The summed E-state index contributed by atoms with van der Waals surface area (Å²) in [4.78, 5) is 4.05. The van der Waals surface area contributed by atoms with Gasteiger partial charge in [0.2, 0.25) is 5.96 Å². The second-order valence-electron chi connectivity index (χ2n) is 4.09. The van der Waals surface area contributed by atoms with Crippen molar-refractivity contribution in [3.8, 4) is 0 Å². The van der Waals surface area contributed by atoms with Crippen molar-refractivity contribution in [1.82, 2.24) is 5.43 Å². The number of para-hydroxylation sites is 1. The Balaban J connectivity index is 2.71. The van der Waals surface area contributed by atoms with Crippen LogP contribution in [0.15, 0.2) is 29.3 Å². The highest BCUT2D eigenvalue weighted by Gasteiger charge is 2.33. The highest BCUT2D eigenvalue weighted by molar-refractivity contribution is 5.94. The number of anilines is 1. The van der Waals surface area contributed by atoms with Gasteiger partial charge in [0.15, 0.2) is 0 Å². The van der Waals surface area contributed by atoms with Gasteiger partial charge in [0, 0.05) is 19.8 Å². The molecule has 0 heterocycles. The van der Waals surface area contributed by atoms with E-state index in [4.69, 9.17) is 10.6 Å². The zero-order valence-electron chi connectivity index (χ0n) is 11.7. The molecule has 21 heavy (non-hydrogen) atoms. The maximum Gasteiger partial charge on any atom is 0.418 e. The molecule has 4 N–H and O–H groups in total. The van der Waals surface area contributed by atoms with Crippen LogP contribution in [-0.4, -0.2) is 25.7 Å². The average molecular weight is 304 g/mol. The Kier molecular flexibility index (Phi) is 6.97. The van der Waals surface area contributed by atoms with E-state index < -0.39 is 11.7 Å². The van der Waals surface area contributed by atoms with Crippen molar-refractivity contribution in [2.24, 2.45) is 10.8 Å². The van der Waals surface area contributed by atoms with E-state index in [9.17, 15) is 13.2 Å². The minimum atomic E-state index is -4.45. The fourth-order valence-electron chi connectivity index (χ4n) is 1.59. The highest BCUT2D eigenvalue weighted by atomic mass is 19.4. The normalized spacial score (nSPS) is 12.3. The van der Waals surface area contributed by atoms with Crippen LogP contribution in [0.4, 0.5) is 18.9 Å². The summed E-state index contributed by atoms with van der Waals surface area (Å²) in [6.45, 7) is 3.42. The molecule has 0 fully saturated rings. The number of hydrogen-bond acceptors (Lipinski definition) is 3. The predicted octanol–water partition coefficient (Wildman–Crippen LogP) is 2.36. The van der Waals surface area contributed by atoms with Crippen LogP contribution in [0.2, 0.25) is 0 Å². The summed E-state index contributed by atoms with van der Waals surface area (Å²) in [6.07, 6.45) is -3.79. The molecule has 118 valence electrons. The second-order valence-corrected chi connectivity index (χ2v) is 4.09. The minimum absolute atomic E-state index is 0.0724. The lowest BCUT2D eigenvalue weighted by Gasteiger charge is -2.15. The number of aliphatic imine (C=N–C) groups is 1. The molecule has 5 nitrogen and oxygen atoms in total. The molecule has 0 aliphatic heterocycles. The number of guanidine groups is 1. The SMILES string of the molecule is CCOCCCN=C(NN)Nc1ccccc1C(F)(F)F. The van der Waals surface area contributed by atoms with Crippen LogP contribution in [0.3, 0.4) is 0 Å². The highest BCUT2D eigenvalue weighted by Crippen LogP contribution is 2.34. The molecule has 0 radical (unpaired) electrons. The molecule has 8 heteroatoms. The zero-order valence-corrected chi connectivity index (χ0v) is 11.7. The van der Waals surface area contributed by atoms with E-state index in [1.54, 1.807) is 0 Å². The van der Waals surface area contributed by atoms with Crippen LogP contribution in [0.5, 0.6) is 0 Å². The zero-order chi connectivity index (χ0) is 15.7. The number of hydrazine groups is 1. The molecule has 1 aromatic rings. The smallest absolute Gasteiger partial charge is 0.382 e. The molecule has 0 aliphatic carbocycles. The molecule has 1 aromatic carbocycles. The first-order valence-electron chi connectivity index (χ1n) is 6.51. The lowest BCUT2D eigenvalue weighted by Crippen LogP contribution is -2.37. The Morgan fingerprint density at radius 1 is 1.33 bits per heavy atom. The first kappa shape index (κ1) is 17.3. The van der Waals surface area contributed by atoms with Gasteiger partial charge in [-0.3, -0.25) is 10.4 Å². The third-order valence-corrected chi connectivity index (χ3v) is 2.54. The molecule has 0 unspecified atom stereocenters. The Morgan fingerprint density at radius 2 is 2.05 bits per heavy atom. The van der Waals surface area contributed by atoms with Crippen molar-refractivity contribution in [2.75, 3.05) is 25.1 Å². The maximum absolute atomic E-state index is 12.8. The van der Waals surface area contributed by atoms with Gasteiger partial charge < -0.3 is 10.1 Å². The molecule has 0 saturated heterocycles. The van der Waals surface area contributed by atoms with Gasteiger partial charge >= 0.3 is 6.18 Å². The molecule has 1 rings (SSSR count). The summed E-state index contributed by atoms with van der Waals surface area (Å²) in [6, 6.07) is 5.13. The van der Waals surface area contributed by atoms with Crippen molar-refractivity contribution < 1.29 is 17.9 Å². The minimum Gasteiger partial charge on any atom is -0.382 e. The largest absolute Gasteiger partial charge is 0.418 e. The van der Waals surface area contributed by atoms with Crippen molar-refractivity contribution >= 4 is 11.6 Å². The number of halogens is 3. The van der Waals surface area contributed by atoms with Crippen LogP contribution in [0, 0.1) is 0 Å². The van der Waals surface area contributed by atoms with Gasteiger partial charge in [-0.2, -0.15) is 13.2 Å². The molecule has 0 spiro atoms. The summed E-state index contributed by atoms with van der Waals surface area (Å²) in [5, 5.41) is 2.55. The summed E-state index contributed by atoms with van der Waals surface area (Å²) in [5.74, 6) is 5.34. The summed E-state index contributed by atoms with van der Waals surface area (Å²) < 4.78 is 43.7. The predicted molar refractivity (Wildman–Crippen MR) is 75.8 cm³/mol. The number of nitrogens with one attached hydrogen (secondary N) is 2. The first-order chi connectivity index (χ1) is 9.99. The van der Waals surface area contributed by atoms with Crippen molar-refractivity contribution in [3.05, 3.63) is 29.8 Å². The topological polar surface area (TPSA) is 71.7 Å². The summed E-state index contributed by atoms with van der Waals surface area (Å²) >= 11 is 0.